The number of halogens is 1. The van der Waals surface area contributed by atoms with Crippen molar-refractivity contribution < 1.29 is 14.3 Å². The van der Waals surface area contributed by atoms with Crippen molar-refractivity contribution in [3.8, 4) is 5.75 Å². The van der Waals surface area contributed by atoms with E-state index in [4.69, 9.17) is 21.1 Å². The van der Waals surface area contributed by atoms with E-state index in [9.17, 15) is 4.79 Å². The van der Waals surface area contributed by atoms with Crippen LogP contribution in [-0.4, -0.2) is 42.8 Å². The molecule has 1 fully saturated rings. The van der Waals surface area contributed by atoms with E-state index in [1.165, 1.54) is 11.8 Å². The Balaban J connectivity index is 1.96. The van der Waals surface area contributed by atoms with Crippen LogP contribution >= 0.6 is 23.4 Å². The van der Waals surface area contributed by atoms with Gasteiger partial charge in [0, 0.05) is 17.7 Å². The monoisotopic (exact) mass is 416 g/mol. The fourth-order valence-corrected chi connectivity index (χ4v) is 3.84. The largest absolute Gasteiger partial charge is 0.493 e. The van der Waals surface area contributed by atoms with E-state index in [1.54, 1.807) is 30.2 Å². The van der Waals surface area contributed by atoms with Crippen molar-refractivity contribution in [1.29, 1.82) is 0 Å². The normalized spacial score (nSPS) is 17.0. The van der Waals surface area contributed by atoms with Gasteiger partial charge in [-0.25, -0.2) is 4.99 Å². The summed E-state index contributed by atoms with van der Waals surface area (Å²) in [5.41, 5.74) is 1.55. The smallest absolute Gasteiger partial charge is 0.266 e. The van der Waals surface area contributed by atoms with Crippen molar-refractivity contribution in [2.24, 2.45) is 4.99 Å². The standard InChI is InChI=1S/C21H21ClN2O3S/c1-3-27-18-10-9-16(22)13-15(18)14-19-20(25)24(11-12-26-2)21(28-19)23-17-7-5-4-6-8-17/h4-10,13-14H,3,11-12H2,1-2H3/b19-14-,23-21?. The van der Waals surface area contributed by atoms with Crippen LogP contribution in [0.5, 0.6) is 5.75 Å². The Kier molecular flexibility index (Phi) is 7.14. The number of hydrogen-bond donors (Lipinski definition) is 0. The van der Waals surface area contributed by atoms with Crippen molar-refractivity contribution >= 4 is 46.2 Å². The molecule has 2 aromatic rings. The number of aliphatic imine (C=N–C) groups is 1. The van der Waals surface area contributed by atoms with Crippen LogP contribution in [0.25, 0.3) is 6.08 Å². The molecule has 1 aliphatic rings. The first-order valence-electron chi connectivity index (χ1n) is 8.88. The number of ether oxygens (including phenoxy) is 2. The maximum Gasteiger partial charge on any atom is 0.266 e. The van der Waals surface area contributed by atoms with Gasteiger partial charge < -0.3 is 9.47 Å². The number of amidine groups is 1. The van der Waals surface area contributed by atoms with E-state index < -0.39 is 0 Å². The first-order chi connectivity index (χ1) is 13.6. The van der Waals surface area contributed by atoms with E-state index in [-0.39, 0.29) is 5.91 Å². The Labute approximate surface area is 174 Å². The van der Waals surface area contributed by atoms with Crippen LogP contribution in [-0.2, 0) is 9.53 Å². The Hall–Kier alpha value is -2.28. The fraction of sp³-hybridized carbons (Fsp3) is 0.238. The first-order valence-corrected chi connectivity index (χ1v) is 10.1. The van der Waals surface area contributed by atoms with Crippen molar-refractivity contribution in [2.75, 3.05) is 26.9 Å². The molecule has 1 amide bonds. The maximum atomic E-state index is 13.0. The van der Waals surface area contributed by atoms with Crippen LogP contribution in [0.15, 0.2) is 58.4 Å². The molecule has 1 heterocycles. The zero-order valence-electron chi connectivity index (χ0n) is 15.7. The summed E-state index contributed by atoms with van der Waals surface area (Å²) in [5, 5.41) is 1.21. The molecule has 1 saturated heterocycles. The van der Waals surface area contributed by atoms with Crippen molar-refractivity contribution in [2.45, 2.75) is 6.92 Å². The van der Waals surface area contributed by atoms with Gasteiger partial charge in [-0.2, -0.15) is 0 Å². The predicted octanol–water partition coefficient (Wildman–Crippen LogP) is 4.99. The number of amides is 1. The number of benzene rings is 2. The molecule has 0 unspecified atom stereocenters. The number of carbonyl (C=O) groups is 1. The van der Waals surface area contributed by atoms with Crippen molar-refractivity contribution in [1.82, 2.24) is 4.90 Å². The molecule has 3 rings (SSSR count). The Morgan fingerprint density at radius 2 is 2.00 bits per heavy atom. The number of nitrogens with zero attached hydrogens (tertiary/aromatic N) is 2. The number of hydrogen-bond acceptors (Lipinski definition) is 5. The van der Waals surface area contributed by atoms with Crippen molar-refractivity contribution in [3.63, 3.8) is 0 Å². The van der Waals surface area contributed by atoms with Gasteiger partial charge in [-0.1, -0.05) is 29.8 Å². The maximum absolute atomic E-state index is 13.0. The number of para-hydroxylation sites is 1. The molecule has 0 N–H and O–H groups in total. The van der Waals surface area contributed by atoms with E-state index >= 15 is 0 Å². The lowest BCUT2D eigenvalue weighted by molar-refractivity contribution is -0.122. The average Bonchev–Trinajstić information content (AvgIpc) is 2.97. The summed E-state index contributed by atoms with van der Waals surface area (Å²) in [6.45, 7) is 3.30. The van der Waals surface area contributed by atoms with Crippen molar-refractivity contribution in [3.05, 3.63) is 64.0 Å². The van der Waals surface area contributed by atoms with Gasteiger partial charge in [0.05, 0.1) is 30.4 Å². The van der Waals surface area contributed by atoms with Gasteiger partial charge in [-0.3, -0.25) is 9.69 Å². The van der Waals surface area contributed by atoms with Crippen LogP contribution in [0.3, 0.4) is 0 Å². The summed E-state index contributed by atoms with van der Waals surface area (Å²) in [4.78, 5) is 19.8. The Bertz CT molecular complexity index is 900. The average molecular weight is 417 g/mol. The molecule has 0 radical (unpaired) electrons. The molecule has 2 aromatic carbocycles. The number of carbonyl (C=O) groups excluding carboxylic acids is 1. The lowest BCUT2D eigenvalue weighted by Crippen LogP contribution is -2.32. The third-order valence-corrected chi connectivity index (χ3v) is 5.19. The molecule has 0 bridgehead atoms. The van der Waals surface area contributed by atoms with Crippen LogP contribution in [0.1, 0.15) is 12.5 Å². The number of methoxy groups -OCH3 is 1. The second-order valence-corrected chi connectivity index (χ2v) is 7.35. The highest BCUT2D eigenvalue weighted by atomic mass is 35.5. The van der Waals surface area contributed by atoms with E-state index in [1.807, 2.05) is 43.3 Å². The zero-order chi connectivity index (χ0) is 19.9. The van der Waals surface area contributed by atoms with Gasteiger partial charge in [0.1, 0.15) is 5.75 Å². The summed E-state index contributed by atoms with van der Waals surface area (Å²) in [5.74, 6) is 0.573. The zero-order valence-corrected chi connectivity index (χ0v) is 17.3. The lowest BCUT2D eigenvalue weighted by atomic mass is 10.2. The summed E-state index contributed by atoms with van der Waals surface area (Å²) in [7, 11) is 1.61. The molecule has 0 atom stereocenters. The summed E-state index contributed by atoms with van der Waals surface area (Å²) in [6.07, 6.45) is 1.80. The van der Waals surface area contributed by atoms with Gasteiger partial charge >= 0.3 is 0 Å². The lowest BCUT2D eigenvalue weighted by Gasteiger charge is -2.14. The highest BCUT2D eigenvalue weighted by molar-refractivity contribution is 8.18. The summed E-state index contributed by atoms with van der Waals surface area (Å²) >= 11 is 7.48. The quantitative estimate of drug-likeness (QED) is 0.596. The van der Waals surface area contributed by atoms with Gasteiger partial charge in [0.25, 0.3) is 5.91 Å². The minimum atomic E-state index is -0.112. The molecule has 1 aliphatic heterocycles. The molecule has 7 heteroatoms. The van der Waals surface area contributed by atoms with Crippen LogP contribution < -0.4 is 4.74 Å². The predicted molar refractivity (Wildman–Crippen MR) is 115 cm³/mol. The second kappa shape index (κ2) is 9.78. The van der Waals surface area contributed by atoms with E-state index in [0.29, 0.717) is 40.6 Å². The number of thioether (sulfide) groups is 1. The topological polar surface area (TPSA) is 51.1 Å². The molecule has 0 aromatic heterocycles. The van der Waals surface area contributed by atoms with E-state index in [0.717, 1.165) is 11.3 Å². The highest BCUT2D eigenvalue weighted by Crippen LogP contribution is 2.36. The minimum Gasteiger partial charge on any atom is -0.493 e. The van der Waals surface area contributed by atoms with Gasteiger partial charge in [-0.15, -0.1) is 0 Å². The number of rotatable bonds is 7. The molecule has 146 valence electrons. The molecule has 0 aliphatic carbocycles. The van der Waals surface area contributed by atoms with Gasteiger partial charge in [0.15, 0.2) is 5.17 Å². The molecular formula is C21H21ClN2O3S. The third-order valence-electron chi connectivity index (χ3n) is 3.95. The molecule has 5 nitrogen and oxygen atoms in total. The van der Waals surface area contributed by atoms with Gasteiger partial charge in [0.2, 0.25) is 0 Å². The third kappa shape index (κ3) is 4.95. The molecule has 28 heavy (non-hydrogen) atoms. The van der Waals surface area contributed by atoms with Crippen LogP contribution in [0.4, 0.5) is 5.69 Å². The fourth-order valence-electron chi connectivity index (χ4n) is 2.64. The molecule has 0 spiro atoms. The van der Waals surface area contributed by atoms with E-state index in [2.05, 4.69) is 4.99 Å². The summed E-state index contributed by atoms with van der Waals surface area (Å²) in [6, 6.07) is 14.9. The second-order valence-electron chi connectivity index (χ2n) is 5.91. The summed E-state index contributed by atoms with van der Waals surface area (Å²) < 4.78 is 10.8. The SMILES string of the molecule is CCOc1ccc(Cl)cc1/C=C1\SC(=Nc2ccccc2)N(CCOC)C1=O. The Morgan fingerprint density at radius 1 is 1.21 bits per heavy atom. The Morgan fingerprint density at radius 3 is 2.71 bits per heavy atom. The highest BCUT2D eigenvalue weighted by Gasteiger charge is 2.33. The molecular weight excluding hydrogens is 396 g/mol. The van der Waals surface area contributed by atoms with Crippen LogP contribution in [0, 0.1) is 0 Å². The van der Waals surface area contributed by atoms with Gasteiger partial charge in [-0.05, 0) is 55.1 Å². The minimum absolute atomic E-state index is 0.112. The van der Waals surface area contributed by atoms with Crippen LogP contribution in [0.2, 0.25) is 5.02 Å². The first kappa shape index (κ1) is 20.5. The molecule has 0 saturated carbocycles.